The lowest BCUT2D eigenvalue weighted by Crippen LogP contribution is -2.09. The molecule has 3 aromatic carbocycles. The average molecular weight is 442 g/mol. The number of carbonyl (C=O) groups excluding carboxylic acids is 2. The van der Waals surface area contributed by atoms with E-state index in [-0.39, 0.29) is 5.78 Å². The molecule has 0 N–H and O–H groups in total. The molecule has 134 valence electrons. The van der Waals surface area contributed by atoms with Gasteiger partial charge in [-0.3, -0.25) is 4.79 Å². The molecule has 0 fully saturated rings. The molecular weight excluding hydrogens is 428 g/mol. The van der Waals surface area contributed by atoms with E-state index in [1.807, 2.05) is 24.3 Å². The van der Waals surface area contributed by atoms with Crippen molar-refractivity contribution in [2.75, 3.05) is 0 Å². The summed E-state index contributed by atoms with van der Waals surface area (Å²) in [6.07, 6.45) is 3.13. The van der Waals surface area contributed by atoms with Gasteiger partial charge in [-0.05, 0) is 76.1 Å². The van der Waals surface area contributed by atoms with E-state index >= 15 is 0 Å². The molecule has 0 unspecified atom stereocenters. The highest BCUT2D eigenvalue weighted by Crippen LogP contribution is 2.20. The molecule has 0 saturated carbocycles. The minimum absolute atomic E-state index is 0.168. The Balaban J connectivity index is 1.68. The van der Waals surface area contributed by atoms with Crippen LogP contribution in [-0.4, -0.2) is 11.8 Å². The summed E-state index contributed by atoms with van der Waals surface area (Å²) in [5.74, 6) is -0.277. The van der Waals surface area contributed by atoms with Crippen LogP contribution in [0.15, 0.2) is 83.3 Å². The predicted octanol–water partition coefficient (Wildman–Crippen LogP) is 6.22. The Hall–Kier alpha value is -2.69. The first-order chi connectivity index (χ1) is 13.0. The molecule has 0 bridgehead atoms. The third-order valence-corrected chi connectivity index (χ3v) is 4.80. The second kappa shape index (κ2) is 8.80. The van der Waals surface area contributed by atoms with E-state index in [0.717, 1.165) is 5.56 Å². The van der Waals surface area contributed by atoms with Crippen LogP contribution in [0.25, 0.3) is 6.08 Å². The van der Waals surface area contributed by atoms with Gasteiger partial charge in [-0.2, -0.15) is 0 Å². The number of halogens is 2. The average Bonchev–Trinajstić information content (AvgIpc) is 2.68. The van der Waals surface area contributed by atoms with Crippen LogP contribution in [0.2, 0.25) is 5.02 Å². The Bertz CT molecular complexity index is 1010. The lowest BCUT2D eigenvalue weighted by atomic mass is 10.1. The summed E-state index contributed by atoms with van der Waals surface area (Å²) < 4.78 is 6.00. The number of carbonyl (C=O) groups is 2. The van der Waals surface area contributed by atoms with Gasteiger partial charge in [0.2, 0.25) is 0 Å². The molecule has 3 aromatic rings. The minimum Gasteiger partial charge on any atom is -0.423 e. The maximum absolute atomic E-state index is 12.3. The molecule has 0 atom stereocenters. The van der Waals surface area contributed by atoms with E-state index in [4.69, 9.17) is 16.3 Å². The molecule has 27 heavy (non-hydrogen) atoms. The quantitative estimate of drug-likeness (QED) is 0.204. The standard InChI is InChI=1S/C22H14BrClO3/c23-19-7-3-2-6-18(19)22(26)27-17-12-9-16(10-13-17)21(25)14-11-15-5-1-4-8-20(15)24/h1-14H/b14-11+. The van der Waals surface area contributed by atoms with Gasteiger partial charge in [0, 0.05) is 15.1 Å². The highest BCUT2D eigenvalue weighted by Gasteiger charge is 2.12. The molecule has 0 aliphatic heterocycles. The van der Waals surface area contributed by atoms with Crippen molar-refractivity contribution >= 4 is 45.4 Å². The summed E-state index contributed by atoms with van der Waals surface area (Å²) in [5, 5.41) is 0.580. The van der Waals surface area contributed by atoms with Crippen LogP contribution in [0.3, 0.4) is 0 Å². The molecule has 3 nitrogen and oxygen atoms in total. The monoisotopic (exact) mass is 440 g/mol. The van der Waals surface area contributed by atoms with Gasteiger partial charge in [0.15, 0.2) is 5.78 Å². The molecule has 0 aliphatic rings. The molecule has 0 radical (unpaired) electrons. The van der Waals surface area contributed by atoms with Gasteiger partial charge in [-0.25, -0.2) is 4.79 Å². The number of hydrogen-bond acceptors (Lipinski definition) is 3. The number of allylic oxidation sites excluding steroid dienone is 1. The summed E-state index contributed by atoms with van der Waals surface area (Å²) in [7, 11) is 0. The summed E-state index contributed by atoms with van der Waals surface area (Å²) in [6, 6.07) is 20.7. The van der Waals surface area contributed by atoms with Crippen LogP contribution in [0.4, 0.5) is 0 Å². The number of hydrogen-bond donors (Lipinski definition) is 0. The second-order valence-corrected chi connectivity index (χ2v) is 6.87. The molecule has 0 heterocycles. The Morgan fingerprint density at radius 3 is 2.26 bits per heavy atom. The lowest BCUT2D eigenvalue weighted by Gasteiger charge is -2.06. The molecule has 0 aromatic heterocycles. The van der Waals surface area contributed by atoms with Gasteiger partial charge >= 0.3 is 5.97 Å². The Morgan fingerprint density at radius 1 is 0.889 bits per heavy atom. The molecule has 3 rings (SSSR count). The van der Waals surface area contributed by atoms with Gasteiger partial charge in [0.05, 0.1) is 5.56 Å². The maximum atomic E-state index is 12.3. The minimum atomic E-state index is -0.472. The number of ether oxygens (including phenoxy) is 1. The summed E-state index contributed by atoms with van der Waals surface area (Å²) in [5.41, 5.74) is 1.69. The van der Waals surface area contributed by atoms with E-state index in [1.165, 1.54) is 6.08 Å². The molecule has 0 saturated heterocycles. The normalized spacial score (nSPS) is 10.7. The first-order valence-electron chi connectivity index (χ1n) is 8.08. The smallest absolute Gasteiger partial charge is 0.344 e. The van der Waals surface area contributed by atoms with Crippen molar-refractivity contribution in [3.05, 3.63) is 105 Å². The van der Waals surface area contributed by atoms with Crippen LogP contribution >= 0.6 is 27.5 Å². The fourth-order valence-electron chi connectivity index (χ4n) is 2.35. The van der Waals surface area contributed by atoms with Crippen molar-refractivity contribution in [2.24, 2.45) is 0 Å². The molecule has 0 spiro atoms. The van der Waals surface area contributed by atoms with E-state index in [9.17, 15) is 9.59 Å². The lowest BCUT2D eigenvalue weighted by molar-refractivity contribution is 0.0733. The third-order valence-electron chi connectivity index (χ3n) is 3.76. The number of ketones is 1. The van der Waals surface area contributed by atoms with Crippen molar-refractivity contribution in [1.82, 2.24) is 0 Å². The number of esters is 1. The highest BCUT2D eigenvalue weighted by molar-refractivity contribution is 9.10. The van der Waals surface area contributed by atoms with Crippen molar-refractivity contribution < 1.29 is 14.3 Å². The Labute approximate surface area is 170 Å². The van der Waals surface area contributed by atoms with Crippen molar-refractivity contribution in [2.45, 2.75) is 0 Å². The van der Waals surface area contributed by atoms with Crippen LogP contribution in [0.1, 0.15) is 26.3 Å². The predicted molar refractivity (Wildman–Crippen MR) is 110 cm³/mol. The van der Waals surface area contributed by atoms with Crippen molar-refractivity contribution in [1.29, 1.82) is 0 Å². The first-order valence-corrected chi connectivity index (χ1v) is 9.25. The maximum Gasteiger partial charge on any atom is 0.344 e. The zero-order valence-corrected chi connectivity index (χ0v) is 16.4. The van der Waals surface area contributed by atoms with Crippen LogP contribution < -0.4 is 4.74 Å². The van der Waals surface area contributed by atoms with Gasteiger partial charge in [-0.1, -0.05) is 41.9 Å². The van der Waals surface area contributed by atoms with Gasteiger partial charge < -0.3 is 4.74 Å². The zero-order chi connectivity index (χ0) is 19.2. The second-order valence-electron chi connectivity index (χ2n) is 5.61. The molecule has 0 amide bonds. The summed E-state index contributed by atoms with van der Waals surface area (Å²) >= 11 is 9.39. The SMILES string of the molecule is O=C(/C=C/c1ccccc1Cl)c1ccc(OC(=O)c2ccccc2Br)cc1. The van der Waals surface area contributed by atoms with Crippen LogP contribution in [0.5, 0.6) is 5.75 Å². The van der Waals surface area contributed by atoms with Crippen LogP contribution in [-0.2, 0) is 0 Å². The number of rotatable bonds is 5. The van der Waals surface area contributed by atoms with Crippen molar-refractivity contribution in [3.63, 3.8) is 0 Å². The van der Waals surface area contributed by atoms with E-state index in [1.54, 1.807) is 54.6 Å². The summed E-state index contributed by atoms with van der Waals surface area (Å²) in [6.45, 7) is 0. The topological polar surface area (TPSA) is 43.4 Å². The fraction of sp³-hybridized carbons (Fsp3) is 0. The van der Waals surface area contributed by atoms with Crippen LogP contribution in [0, 0.1) is 0 Å². The molecule has 5 heteroatoms. The molecule has 0 aliphatic carbocycles. The van der Waals surface area contributed by atoms with Gasteiger partial charge in [-0.15, -0.1) is 0 Å². The fourth-order valence-corrected chi connectivity index (χ4v) is 2.99. The third kappa shape index (κ3) is 4.94. The highest BCUT2D eigenvalue weighted by atomic mass is 79.9. The van der Waals surface area contributed by atoms with Gasteiger partial charge in [0.25, 0.3) is 0 Å². The van der Waals surface area contributed by atoms with E-state index in [0.29, 0.717) is 26.4 Å². The Kier molecular flexibility index (Phi) is 6.22. The zero-order valence-electron chi connectivity index (χ0n) is 14.1. The summed E-state index contributed by atoms with van der Waals surface area (Å²) in [4.78, 5) is 24.5. The van der Waals surface area contributed by atoms with E-state index in [2.05, 4.69) is 15.9 Å². The Morgan fingerprint density at radius 2 is 1.56 bits per heavy atom. The number of benzene rings is 3. The van der Waals surface area contributed by atoms with E-state index < -0.39 is 5.97 Å². The first kappa shape index (κ1) is 19.1. The molecular formula is C22H14BrClO3. The largest absolute Gasteiger partial charge is 0.423 e. The van der Waals surface area contributed by atoms with Crippen molar-refractivity contribution in [3.8, 4) is 5.75 Å². The van der Waals surface area contributed by atoms with Gasteiger partial charge in [0.1, 0.15) is 5.75 Å².